The highest BCUT2D eigenvalue weighted by molar-refractivity contribution is 6.30. The summed E-state index contributed by atoms with van der Waals surface area (Å²) in [5.74, 6) is 0.0597. The summed E-state index contributed by atoms with van der Waals surface area (Å²) < 4.78 is 0. The van der Waals surface area contributed by atoms with Crippen molar-refractivity contribution in [3.63, 3.8) is 0 Å². The van der Waals surface area contributed by atoms with Crippen molar-refractivity contribution in [3.8, 4) is 0 Å². The predicted octanol–water partition coefficient (Wildman–Crippen LogP) is 3.39. The monoisotopic (exact) mass is 303 g/mol. The van der Waals surface area contributed by atoms with Gasteiger partial charge in [0, 0.05) is 5.02 Å². The lowest BCUT2D eigenvalue weighted by molar-refractivity contribution is 0.0690. The van der Waals surface area contributed by atoms with Crippen molar-refractivity contribution < 1.29 is 9.90 Å². The first-order chi connectivity index (χ1) is 10.1. The molecule has 2 aromatic rings. The molecule has 6 heteroatoms. The van der Waals surface area contributed by atoms with E-state index in [0.717, 1.165) is 5.56 Å². The maximum Gasteiger partial charge on any atom is 0.356 e. The Kier molecular flexibility index (Phi) is 3.75. The summed E-state index contributed by atoms with van der Waals surface area (Å²) in [4.78, 5) is 18.8. The van der Waals surface area contributed by atoms with Crippen LogP contribution in [0, 0.1) is 5.92 Å². The summed E-state index contributed by atoms with van der Waals surface area (Å²) >= 11 is 5.92. The lowest BCUT2D eigenvalue weighted by Gasteiger charge is -2.19. The van der Waals surface area contributed by atoms with Crippen LogP contribution in [-0.2, 0) is 0 Å². The summed E-state index contributed by atoms with van der Waals surface area (Å²) in [5, 5.41) is 12.9. The van der Waals surface area contributed by atoms with Crippen molar-refractivity contribution in [2.45, 2.75) is 18.9 Å². The molecule has 1 saturated carbocycles. The average Bonchev–Trinajstić information content (AvgIpc) is 3.31. The number of anilines is 1. The molecule has 1 aliphatic carbocycles. The van der Waals surface area contributed by atoms with Crippen LogP contribution in [0.3, 0.4) is 0 Å². The number of rotatable bonds is 5. The molecule has 1 aliphatic rings. The van der Waals surface area contributed by atoms with Gasteiger partial charge in [-0.2, -0.15) is 0 Å². The molecule has 0 bridgehead atoms. The van der Waals surface area contributed by atoms with E-state index in [1.165, 1.54) is 25.2 Å². The Labute approximate surface area is 127 Å². The van der Waals surface area contributed by atoms with Crippen molar-refractivity contribution in [3.05, 3.63) is 52.9 Å². The topological polar surface area (TPSA) is 75.1 Å². The third-order valence-electron chi connectivity index (χ3n) is 3.50. The molecule has 0 amide bonds. The predicted molar refractivity (Wildman–Crippen MR) is 79.5 cm³/mol. The molecule has 0 aliphatic heterocycles. The summed E-state index contributed by atoms with van der Waals surface area (Å²) in [6.45, 7) is 0. The van der Waals surface area contributed by atoms with Crippen LogP contribution in [0.25, 0.3) is 0 Å². The van der Waals surface area contributed by atoms with Crippen LogP contribution in [0.2, 0.25) is 5.02 Å². The van der Waals surface area contributed by atoms with E-state index in [4.69, 9.17) is 16.7 Å². The van der Waals surface area contributed by atoms with Crippen LogP contribution in [0.1, 0.15) is 34.9 Å². The van der Waals surface area contributed by atoms with Crippen LogP contribution < -0.4 is 5.32 Å². The minimum atomic E-state index is -1.08. The standard InChI is InChI=1S/C15H14ClN3O2/c16-11-5-3-10(4-6-11)14(9-1-2-9)19-13-8-17-12(7-18-13)15(20)21/h3-9,14H,1-2H2,(H,18,19)(H,20,21). The van der Waals surface area contributed by atoms with E-state index >= 15 is 0 Å². The van der Waals surface area contributed by atoms with Gasteiger partial charge in [-0.3, -0.25) is 0 Å². The largest absolute Gasteiger partial charge is 0.476 e. The first-order valence-electron chi connectivity index (χ1n) is 6.71. The van der Waals surface area contributed by atoms with Gasteiger partial charge in [-0.15, -0.1) is 0 Å². The van der Waals surface area contributed by atoms with Gasteiger partial charge in [-0.25, -0.2) is 14.8 Å². The molecule has 3 rings (SSSR count). The molecule has 1 unspecified atom stereocenters. The highest BCUT2D eigenvalue weighted by Gasteiger charge is 2.32. The highest BCUT2D eigenvalue weighted by atomic mass is 35.5. The second-order valence-corrected chi connectivity index (χ2v) is 5.54. The minimum absolute atomic E-state index is 0.0602. The lowest BCUT2D eigenvalue weighted by atomic mass is 10.0. The number of nitrogens with one attached hydrogen (secondary N) is 1. The number of benzene rings is 1. The van der Waals surface area contributed by atoms with E-state index in [9.17, 15) is 4.79 Å². The molecule has 1 fully saturated rings. The fourth-order valence-corrected chi connectivity index (χ4v) is 2.37. The van der Waals surface area contributed by atoms with Crippen LogP contribution in [0.4, 0.5) is 5.82 Å². The molecular weight excluding hydrogens is 290 g/mol. The van der Waals surface area contributed by atoms with Crippen molar-refractivity contribution in [1.29, 1.82) is 0 Å². The fourth-order valence-electron chi connectivity index (χ4n) is 2.25. The number of carboxylic acids is 1. The molecule has 1 heterocycles. The summed E-state index contributed by atoms with van der Waals surface area (Å²) in [6, 6.07) is 7.88. The lowest BCUT2D eigenvalue weighted by Crippen LogP contribution is -2.14. The van der Waals surface area contributed by atoms with E-state index in [0.29, 0.717) is 16.8 Å². The SMILES string of the molecule is O=C(O)c1cnc(NC(c2ccc(Cl)cc2)C2CC2)cn1. The van der Waals surface area contributed by atoms with Crippen LogP contribution >= 0.6 is 11.6 Å². The zero-order valence-electron chi connectivity index (χ0n) is 11.2. The van der Waals surface area contributed by atoms with Crippen LogP contribution in [0.5, 0.6) is 0 Å². The third-order valence-corrected chi connectivity index (χ3v) is 3.75. The van der Waals surface area contributed by atoms with E-state index in [1.807, 2.05) is 24.3 Å². The van der Waals surface area contributed by atoms with Gasteiger partial charge in [-0.1, -0.05) is 23.7 Å². The molecule has 0 saturated heterocycles. The van der Waals surface area contributed by atoms with E-state index < -0.39 is 5.97 Å². The zero-order valence-corrected chi connectivity index (χ0v) is 11.9. The number of hydrogen-bond donors (Lipinski definition) is 2. The van der Waals surface area contributed by atoms with E-state index in [-0.39, 0.29) is 11.7 Å². The van der Waals surface area contributed by atoms with Crippen molar-refractivity contribution in [1.82, 2.24) is 9.97 Å². The molecular formula is C15H14ClN3O2. The Balaban J connectivity index is 1.79. The first kappa shape index (κ1) is 13.8. The van der Waals surface area contributed by atoms with Gasteiger partial charge in [0.1, 0.15) is 5.82 Å². The Morgan fingerprint density at radius 3 is 2.48 bits per heavy atom. The highest BCUT2D eigenvalue weighted by Crippen LogP contribution is 2.42. The zero-order chi connectivity index (χ0) is 14.8. The summed E-state index contributed by atoms with van der Waals surface area (Å²) in [7, 11) is 0. The molecule has 0 spiro atoms. The number of halogens is 1. The maximum absolute atomic E-state index is 10.8. The second kappa shape index (κ2) is 5.69. The molecule has 21 heavy (non-hydrogen) atoms. The first-order valence-corrected chi connectivity index (χ1v) is 7.08. The number of nitrogens with zero attached hydrogens (tertiary/aromatic N) is 2. The van der Waals surface area contributed by atoms with Gasteiger partial charge in [0.2, 0.25) is 0 Å². The quantitative estimate of drug-likeness (QED) is 0.885. The van der Waals surface area contributed by atoms with Crippen molar-refractivity contribution in [2.24, 2.45) is 5.92 Å². The third kappa shape index (κ3) is 3.31. The van der Waals surface area contributed by atoms with Gasteiger partial charge in [0.05, 0.1) is 18.4 Å². The van der Waals surface area contributed by atoms with Gasteiger partial charge in [0.15, 0.2) is 5.69 Å². The Morgan fingerprint density at radius 2 is 1.95 bits per heavy atom. The maximum atomic E-state index is 10.8. The average molecular weight is 304 g/mol. The molecule has 5 nitrogen and oxygen atoms in total. The van der Waals surface area contributed by atoms with Crippen molar-refractivity contribution >= 4 is 23.4 Å². The molecule has 1 atom stereocenters. The van der Waals surface area contributed by atoms with E-state index in [2.05, 4.69) is 15.3 Å². The number of aromatic nitrogens is 2. The van der Waals surface area contributed by atoms with Crippen LogP contribution in [-0.4, -0.2) is 21.0 Å². The fraction of sp³-hybridized carbons (Fsp3) is 0.267. The molecule has 108 valence electrons. The number of carbonyl (C=O) groups is 1. The van der Waals surface area contributed by atoms with Crippen LogP contribution in [0.15, 0.2) is 36.7 Å². The Morgan fingerprint density at radius 1 is 1.24 bits per heavy atom. The number of carboxylic acid groups (broad SMARTS) is 1. The Hall–Kier alpha value is -2.14. The minimum Gasteiger partial charge on any atom is -0.476 e. The van der Waals surface area contributed by atoms with Crippen molar-refractivity contribution in [2.75, 3.05) is 5.32 Å². The Bertz CT molecular complexity index is 639. The van der Waals surface area contributed by atoms with Gasteiger partial charge in [-0.05, 0) is 36.5 Å². The number of aromatic carboxylic acids is 1. The molecule has 0 radical (unpaired) electrons. The molecule has 2 N–H and O–H groups in total. The normalized spacial score (nSPS) is 15.5. The van der Waals surface area contributed by atoms with Gasteiger partial charge in [0.25, 0.3) is 0 Å². The van der Waals surface area contributed by atoms with Gasteiger partial charge < -0.3 is 10.4 Å². The smallest absolute Gasteiger partial charge is 0.356 e. The number of hydrogen-bond acceptors (Lipinski definition) is 4. The summed E-state index contributed by atoms with van der Waals surface area (Å²) in [5.41, 5.74) is 1.08. The molecule has 1 aromatic heterocycles. The van der Waals surface area contributed by atoms with E-state index in [1.54, 1.807) is 0 Å². The molecule has 1 aromatic carbocycles. The van der Waals surface area contributed by atoms with Gasteiger partial charge >= 0.3 is 5.97 Å². The summed E-state index contributed by atoms with van der Waals surface area (Å²) in [6.07, 6.45) is 5.05. The second-order valence-electron chi connectivity index (χ2n) is 5.10.